The number of hydrogen-bond acceptors (Lipinski definition) is 5. The van der Waals surface area contributed by atoms with Crippen molar-refractivity contribution in [1.29, 1.82) is 0 Å². The minimum absolute atomic E-state index is 0.0113. The number of sulfone groups is 1. The molecule has 0 spiro atoms. The first-order valence-corrected chi connectivity index (χ1v) is 8.21. The molecule has 0 aliphatic rings. The highest BCUT2D eigenvalue weighted by molar-refractivity contribution is 7.91. The van der Waals surface area contributed by atoms with Crippen molar-refractivity contribution < 1.29 is 13.6 Å². The largest absolute Gasteiger partial charge is 0.409 e. The molecule has 1 rings (SSSR count). The van der Waals surface area contributed by atoms with Gasteiger partial charge >= 0.3 is 0 Å². The van der Waals surface area contributed by atoms with Gasteiger partial charge in [-0.15, -0.1) is 6.58 Å². The molecular weight excluding hydrogens is 290 g/mol. The van der Waals surface area contributed by atoms with Gasteiger partial charge in [0.25, 0.3) is 0 Å². The summed E-state index contributed by atoms with van der Waals surface area (Å²) in [5, 5.41) is 14.5. The summed E-state index contributed by atoms with van der Waals surface area (Å²) in [7, 11) is -3.35. The molecule has 0 aliphatic carbocycles. The number of nitrogens with zero attached hydrogens (tertiary/aromatic N) is 1. The minimum atomic E-state index is -3.35. The third-order valence-corrected chi connectivity index (χ3v) is 4.73. The maximum absolute atomic E-state index is 12.2. The summed E-state index contributed by atoms with van der Waals surface area (Å²) >= 11 is 0. The number of rotatable bonds is 8. The van der Waals surface area contributed by atoms with Gasteiger partial charge in [-0.25, -0.2) is 8.42 Å². The fourth-order valence-corrected chi connectivity index (χ4v) is 2.95. The van der Waals surface area contributed by atoms with Gasteiger partial charge in [0.05, 0.1) is 10.6 Å². The van der Waals surface area contributed by atoms with Crippen LogP contribution in [0.3, 0.4) is 0 Å². The van der Waals surface area contributed by atoms with Crippen molar-refractivity contribution in [1.82, 2.24) is 5.32 Å². The second-order valence-electron chi connectivity index (χ2n) is 4.71. The fraction of sp³-hybridized carbons (Fsp3) is 0.357. The van der Waals surface area contributed by atoms with Crippen LogP contribution in [0.2, 0.25) is 0 Å². The van der Waals surface area contributed by atoms with Gasteiger partial charge in [-0.2, -0.15) is 0 Å². The Kier molecular flexibility index (Phi) is 6.39. The molecule has 4 N–H and O–H groups in total. The molecule has 1 unspecified atom stereocenters. The molecular formula is C14H21N3O3S. The molecule has 0 aliphatic heterocycles. The monoisotopic (exact) mass is 311 g/mol. The van der Waals surface area contributed by atoms with E-state index in [-0.39, 0.29) is 22.5 Å². The summed E-state index contributed by atoms with van der Waals surface area (Å²) in [5.41, 5.74) is 5.89. The molecule has 0 saturated carbocycles. The molecule has 1 aromatic carbocycles. The summed E-state index contributed by atoms with van der Waals surface area (Å²) in [6.45, 7) is 5.99. The van der Waals surface area contributed by atoms with Crippen LogP contribution in [0.25, 0.3) is 0 Å². The Hall–Kier alpha value is -1.86. The topological polar surface area (TPSA) is 105 Å². The van der Waals surface area contributed by atoms with Crippen LogP contribution in [0.1, 0.15) is 18.9 Å². The fourth-order valence-electron chi connectivity index (χ4n) is 1.78. The van der Waals surface area contributed by atoms with Gasteiger partial charge in [0.2, 0.25) is 0 Å². The Morgan fingerprint density at radius 2 is 2.10 bits per heavy atom. The van der Waals surface area contributed by atoms with E-state index in [4.69, 9.17) is 10.9 Å². The van der Waals surface area contributed by atoms with E-state index in [0.717, 1.165) is 6.42 Å². The van der Waals surface area contributed by atoms with Crippen molar-refractivity contribution in [2.75, 3.05) is 12.3 Å². The van der Waals surface area contributed by atoms with Crippen LogP contribution < -0.4 is 11.1 Å². The predicted octanol–water partition coefficient (Wildman–Crippen LogP) is 1.11. The van der Waals surface area contributed by atoms with Crippen molar-refractivity contribution in [3.05, 3.63) is 42.5 Å². The van der Waals surface area contributed by atoms with Gasteiger partial charge in [0.15, 0.2) is 15.7 Å². The van der Waals surface area contributed by atoms with Crippen LogP contribution >= 0.6 is 0 Å². The Morgan fingerprint density at radius 3 is 2.62 bits per heavy atom. The van der Waals surface area contributed by atoms with Gasteiger partial charge in [-0.05, 0) is 37.6 Å². The first-order valence-electron chi connectivity index (χ1n) is 6.55. The van der Waals surface area contributed by atoms with Crippen molar-refractivity contribution >= 4 is 15.7 Å². The summed E-state index contributed by atoms with van der Waals surface area (Å²) < 4.78 is 24.3. The summed E-state index contributed by atoms with van der Waals surface area (Å²) in [5.74, 6) is -0.0453. The van der Waals surface area contributed by atoms with Crippen molar-refractivity contribution in [2.45, 2.75) is 24.3 Å². The van der Waals surface area contributed by atoms with Crippen molar-refractivity contribution in [3.8, 4) is 0 Å². The Bertz CT molecular complexity index is 594. The Balaban J connectivity index is 2.68. The molecule has 0 radical (unpaired) electrons. The lowest BCUT2D eigenvalue weighted by molar-refractivity contribution is 0.318. The average molecular weight is 311 g/mol. The third kappa shape index (κ3) is 5.20. The summed E-state index contributed by atoms with van der Waals surface area (Å²) in [4.78, 5) is 0.218. The highest BCUT2D eigenvalue weighted by atomic mass is 32.2. The highest BCUT2D eigenvalue weighted by Gasteiger charge is 2.14. The van der Waals surface area contributed by atoms with E-state index in [2.05, 4.69) is 17.1 Å². The zero-order chi connectivity index (χ0) is 15.9. The SMILES string of the molecule is C=CCC(C)NCCS(=O)(=O)c1ccc(/C(N)=N/O)cc1. The van der Waals surface area contributed by atoms with Crippen LogP contribution in [0.15, 0.2) is 47.0 Å². The van der Waals surface area contributed by atoms with Crippen molar-refractivity contribution in [2.24, 2.45) is 10.9 Å². The van der Waals surface area contributed by atoms with Crippen LogP contribution in [0.4, 0.5) is 0 Å². The molecule has 0 aromatic heterocycles. The molecule has 0 saturated heterocycles. The van der Waals surface area contributed by atoms with Crippen LogP contribution in [0, 0.1) is 0 Å². The van der Waals surface area contributed by atoms with E-state index >= 15 is 0 Å². The van der Waals surface area contributed by atoms with Crippen molar-refractivity contribution in [3.63, 3.8) is 0 Å². The molecule has 0 amide bonds. The van der Waals surface area contributed by atoms with Crippen LogP contribution in [0.5, 0.6) is 0 Å². The lowest BCUT2D eigenvalue weighted by Crippen LogP contribution is -2.30. The number of benzene rings is 1. The molecule has 6 nitrogen and oxygen atoms in total. The van der Waals surface area contributed by atoms with E-state index in [1.807, 2.05) is 6.92 Å². The predicted molar refractivity (Wildman–Crippen MR) is 83.3 cm³/mol. The first kappa shape index (κ1) is 17.2. The maximum atomic E-state index is 12.2. The number of nitrogens with one attached hydrogen (secondary N) is 1. The number of amidine groups is 1. The maximum Gasteiger partial charge on any atom is 0.179 e. The number of nitrogens with two attached hydrogens (primary N) is 1. The number of hydrogen-bond donors (Lipinski definition) is 3. The molecule has 7 heteroatoms. The molecule has 1 aromatic rings. The zero-order valence-electron chi connectivity index (χ0n) is 12.0. The van der Waals surface area contributed by atoms with Gasteiger partial charge < -0.3 is 16.3 Å². The molecule has 0 heterocycles. The third-order valence-electron chi connectivity index (χ3n) is 3.00. The lowest BCUT2D eigenvalue weighted by atomic mass is 10.2. The standard InChI is InChI=1S/C14H21N3O3S/c1-3-4-11(2)16-9-10-21(19,20)13-7-5-12(6-8-13)14(15)17-18/h3,5-8,11,16,18H,1,4,9-10H2,2H3,(H2,15,17). The molecule has 21 heavy (non-hydrogen) atoms. The lowest BCUT2D eigenvalue weighted by Gasteiger charge is -2.11. The van der Waals surface area contributed by atoms with Crippen LogP contribution in [-0.4, -0.2) is 37.8 Å². The highest BCUT2D eigenvalue weighted by Crippen LogP contribution is 2.12. The molecule has 1 atom stereocenters. The van der Waals surface area contributed by atoms with Gasteiger partial charge in [-0.1, -0.05) is 11.2 Å². The van der Waals surface area contributed by atoms with E-state index < -0.39 is 9.84 Å². The second kappa shape index (κ2) is 7.80. The van der Waals surface area contributed by atoms with Gasteiger partial charge in [-0.3, -0.25) is 0 Å². The van der Waals surface area contributed by atoms with E-state index in [1.165, 1.54) is 24.3 Å². The smallest absolute Gasteiger partial charge is 0.179 e. The molecule has 0 fully saturated rings. The Morgan fingerprint density at radius 1 is 1.48 bits per heavy atom. The van der Waals surface area contributed by atoms with Crippen LogP contribution in [-0.2, 0) is 9.84 Å². The van der Waals surface area contributed by atoms with E-state index in [1.54, 1.807) is 6.08 Å². The molecule has 0 bridgehead atoms. The number of oxime groups is 1. The Labute approximate surface area is 125 Å². The second-order valence-corrected chi connectivity index (χ2v) is 6.82. The van der Waals surface area contributed by atoms with Gasteiger partial charge in [0.1, 0.15) is 0 Å². The van der Waals surface area contributed by atoms with E-state index in [0.29, 0.717) is 12.1 Å². The minimum Gasteiger partial charge on any atom is -0.409 e. The zero-order valence-corrected chi connectivity index (χ0v) is 12.8. The first-order chi connectivity index (χ1) is 9.90. The quantitative estimate of drug-likeness (QED) is 0.219. The average Bonchev–Trinajstić information content (AvgIpc) is 2.46. The normalized spacial score (nSPS) is 13.9. The van der Waals surface area contributed by atoms with E-state index in [9.17, 15) is 8.42 Å². The summed E-state index contributed by atoms with van der Waals surface area (Å²) in [6, 6.07) is 6.12. The van der Waals surface area contributed by atoms with Gasteiger partial charge in [0, 0.05) is 18.2 Å². The molecule has 116 valence electrons. The summed E-state index contributed by atoms with van der Waals surface area (Å²) in [6.07, 6.45) is 2.58.